The molecule has 0 bridgehead atoms. The highest BCUT2D eigenvalue weighted by molar-refractivity contribution is 7.89. The molecule has 1 rings (SSSR count). The zero-order valence-electron chi connectivity index (χ0n) is 12.0. The van der Waals surface area contributed by atoms with Crippen LogP contribution in [0.1, 0.15) is 38.1 Å². The van der Waals surface area contributed by atoms with Gasteiger partial charge in [0.25, 0.3) is 0 Å². The first-order valence-electron chi connectivity index (χ1n) is 6.07. The maximum absolute atomic E-state index is 12.1. The van der Waals surface area contributed by atoms with Gasteiger partial charge in [0, 0.05) is 0 Å². The number of primary sulfonamides is 1. The predicted molar refractivity (Wildman–Crippen MR) is 74.2 cm³/mol. The predicted octanol–water partition coefficient (Wildman–Crippen LogP) is 1.69. The molecule has 0 aliphatic heterocycles. The van der Waals surface area contributed by atoms with Crippen LogP contribution in [0.15, 0.2) is 23.1 Å². The van der Waals surface area contributed by atoms with Crippen molar-refractivity contribution in [3.8, 4) is 5.75 Å². The number of hydrogen-bond acceptors (Lipinski definition) is 5. The van der Waals surface area contributed by atoms with Gasteiger partial charge in [0.2, 0.25) is 10.0 Å². The minimum absolute atomic E-state index is 0.0355. The van der Waals surface area contributed by atoms with Crippen molar-refractivity contribution in [3.05, 3.63) is 23.8 Å². The maximum Gasteiger partial charge on any atom is 0.342 e. The molecule has 0 radical (unpaired) electrons. The molecule has 0 saturated carbocycles. The Kier molecular flexibility index (Phi) is 4.77. The summed E-state index contributed by atoms with van der Waals surface area (Å²) >= 11 is 0. The molecule has 7 heteroatoms. The number of nitrogens with two attached hydrogens (primary N) is 1. The number of carbonyl (C=O) groups excluding carboxylic acids is 1. The third kappa shape index (κ3) is 4.50. The Labute approximate surface area is 118 Å². The van der Waals surface area contributed by atoms with Crippen LogP contribution in [-0.4, -0.2) is 26.6 Å². The molecule has 6 nitrogen and oxygen atoms in total. The first-order valence-corrected chi connectivity index (χ1v) is 7.62. The zero-order chi connectivity index (χ0) is 15.6. The van der Waals surface area contributed by atoms with E-state index in [1.54, 1.807) is 27.7 Å². The van der Waals surface area contributed by atoms with E-state index in [-0.39, 0.29) is 16.2 Å². The van der Waals surface area contributed by atoms with Gasteiger partial charge >= 0.3 is 5.97 Å². The number of carbonyl (C=O) groups is 1. The quantitative estimate of drug-likeness (QED) is 0.854. The number of esters is 1. The standard InChI is InChI=1S/C13H19NO5S/c1-5-18-11-7-6-9(20(14,16)17)8-10(11)12(15)19-13(2,3)4/h6-8H,5H2,1-4H3,(H2,14,16,17). The van der Waals surface area contributed by atoms with Crippen LogP contribution < -0.4 is 9.88 Å². The number of benzene rings is 1. The van der Waals surface area contributed by atoms with Crippen LogP contribution in [0, 0.1) is 0 Å². The SMILES string of the molecule is CCOc1ccc(S(N)(=O)=O)cc1C(=O)OC(C)(C)C. The summed E-state index contributed by atoms with van der Waals surface area (Å²) in [5.74, 6) is -0.402. The van der Waals surface area contributed by atoms with E-state index < -0.39 is 21.6 Å². The highest BCUT2D eigenvalue weighted by atomic mass is 32.2. The fourth-order valence-electron chi connectivity index (χ4n) is 1.46. The molecule has 0 aromatic heterocycles. The molecule has 112 valence electrons. The smallest absolute Gasteiger partial charge is 0.342 e. The second-order valence-corrected chi connectivity index (χ2v) is 6.70. The lowest BCUT2D eigenvalue weighted by Crippen LogP contribution is -2.24. The van der Waals surface area contributed by atoms with E-state index in [0.29, 0.717) is 6.61 Å². The van der Waals surface area contributed by atoms with E-state index in [2.05, 4.69) is 0 Å². The fraction of sp³-hybridized carbons (Fsp3) is 0.462. The number of sulfonamides is 1. The lowest BCUT2D eigenvalue weighted by molar-refractivity contribution is 0.00657. The number of rotatable bonds is 4. The maximum atomic E-state index is 12.1. The molecule has 0 saturated heterocycles. The minimum Gasteiger partial charge on any atom is -0.493 e. The molecule has 20 heavy (non-hydrogen) atoms. The van der Waals surface area contributed by atoms with Crippen molar-refractivity contribution in [1.82, 2.24) is 0 Å². The average Bonchev–Trinajstić information content (AvgIpc) is 2.26. The van der Waals surface area contributed by atoms with Gasteiger partial charge in [-0.05, 0) is 45.9 Å². The van der Waals surface area contributed by atoms with E-state index in [4.69, 9.17) is 14.6 Å². The molecule has 0 fully saturated rings. The first-order chi connectivity index (χ1) is 9.04. The molecule has 1 aromatic carbocycles. The highest BCUT2D eigenvalue weighted by Crippen LogP contribution is 2.25. The van der Waals surface area contributed by atoms with Crippen molar-refractivity contribution in [1.29, 1.82) is 0 Å². The lowest BCUT2D eigenvalue weighted by atomic mass is 10.1. The van der Waals surface area contributed by atoms with Gasteiger partial charge in [0.05, 0.1) is 11.5 Å². The molecule has 0 atom stereocenters. The van der Waals surface area contributed by atoms with Gasteiger partial charge in [-0.2, -0.15) is 0 Å². The van der Waals surface area contributed by atoms with Crippen LogP contribution >= 0.6 is 0 Å². The van der Waals surface area contributed by atoms with E-state index in [0.717, 1.165) is 6.07 Å². The monoisotopic (exact) mass is 301 g/mol. The average molecular weight is 301 g/mol. The highest BCUT2D eigenvalue weighted by Gasteiger charge is 2.23. The summed E-state index contributed by atoms with van der Waals surface area (Å²) < 4.78 is 33.2. The van der Waals surface area contributed by atoms with Crippen LogP contribution in [0.4, 0.5) is 0 Å². The largest absolute Gasteiger partial charge is 0.493 e. The van der Waals surface area contributed by atoms with Crippen LogP contribution in [0.25, 0.3) is 0 Å². The summed E-state index contributed by atoms with van der Waals surface area (Å²) in [5.41, 5.74) is -0.661. The van der Waals surface area contributed by atoms with Crippen molar-refractivity contribution < 1.29 is 22.7 Å². The van der Waals surface area contributed by atoms with E-state index >= 15 is 0 Å². The summed E-state index contributed by atoms with van der Waals surface area (Å²) in [5, 5.41) is 5.06. The van der Waals surface area contributed by atoms with Crippen LogP contribution in [0.5, 0.6) is 5.75 Å². The topological polar surface area (TPSA) is 95.7 Å². The number of hydrogen-bond donors (Lipinski definition) is 1. The molecular formula is C13H19NO5S. The van der Waals surface area contributed by atoms with Gasteiger partial charge in [-0.25, -0.2) is 18.4 Å². The molecule has 0 aliphatic carbocycles. The Bertz CT molecular complexity index is 602. The normalized spacial score (nSPS) is 12.1. The van der Waals surface area contributed by atoms with Gasteiger partial charge in [-0.3, -0.25) is 0 Å². The van der Waals surface area contributed by atoms with E-state index in [1.807, 2.05) is 0 Å². The van der Waals surface area contributed by atoms with Crippen molar-refractivity contribution in [2.75, 3.05) is 6.61 Å². The van der Waals surface area contributed by atoms with Crippen molar-refractivity contribution in [2.24, 2.45) is 5.14 Å². The summed E-state index contributed by atoms with van der Waals surface area (Å²) in [6.07, 6.45) is 0. The van der Waals surface area contributed by atoms with Crippen molar-refractivity contribution >= 4 is 16.0 Å². The Hall–Kier alpha value is -1.60. The lowest BCUT2D eigenvalue weighted by Gasteiger charge is -2.20. The van der Waals surface area contributed by atoms with Gasteiger partial charge in [0.15, 0.2) is 0 Å². The van der Waals surface area contributed by atoms with Gasteiger partial charge in [0.1, 0.15) is 16.9 Å². The van der Waals surface area contributed by atoms with E-state index in [9.17, 15) is 13.2 Å². The Morgan fingerprint density at radius 1 is 1.30 bits per heavy atom. The summed E-state index contributed by atoms with van der Waals surface area (Å²) in [4.78, 5) is 11.9. The van der Waals surface area contributed by atoms with Gasteiger partial charge in [-0.1, -0.05) is 0 Å². The van der Waals surface area contributed by atoms with Crippen molar-refractivity contribution in [2.45, 2.75) is 38.2 Å². The third-order valence-corrected chi connectivity index (χ3v) is 3.11. The molecular weight excluding hydrogens is 282 g/mol. The minimum atomic E-state index is -3.90. The molecule has 1 aromatic rings. The van der Waals surface area contributed by atoms with Crippen LogP contribution in [-0.2, 0) is 14.8 Å². The Balaban J connectivity index is 3.29. The Morgan fingerprint density at radius 3 is 2.35 bits per heavy atom. The zero-order valence-corrected chi connectivity index (χ0v) is 12.8. The van der Waals surface area contributed by atoms with Gasteiger partial charge in [-0.15, -0.1) is 0 Å². The fourth-order valence-corrected chi connectivity index (χ4v) is 2.00. The molecule has 2 N–H and O–H groups in total. The molecule has 0 amide bonds. The molecule has 0 aliphatic rings. The summed E-state index contributed by atoms with van der Waals surface area (Å²) in [7, 11) is -3.90. The van der Waals surface area contributed by atoms with Crippen LogP contribution in [0.2, 0.25) is 0 Å². The third-order valence-electron chi connectivity index (χ3n) is 2.20. The molecule has 0 unspecified atom stereocenters. The van der Waals surface area contributed by atoms with Gasteiger partial charge < -0.3 is 9.47 Å². The van der Waals surface area contributed by atoms with Crippen LogP contribution in [0.3, 0.4) is 0 Å². The first kappa shape index (κ1) is 16.5. The number of ether oxygens (including phenoxy) is 2. The second kappa shape index (κ2) is 5.80. The molecule has 0 spiro atoms. The Morgan fingerprint density at radius 2 is 1.90 bits per heavy atom. The molecule has 0 heterocycles. The van der Waals surface area contributed by atoms with Crippen molar-refractivity contribution in [3.63, 3.8) is 0 Å². The second-order valence-electron chi connectivity index (χ2n) is 5.14. The summed E-state index contributed by atoms with van der Waals surface area (Å²) in [6, 6.07) is 3.84. The summed E-state index contributed by atoms with van der Waals surface area (Å²) in [6.45, 7) is 7.25. The van der Waals surface area contributed by atoms with E-state index in [1.165, 1.54) is 12.1 Å².